The van der Waals surface area contributed by atoms with E-state index >= 15 is 0 Å². The van der Waals surface area contributed by atoms with Gasteiger partial charge in [0.2, 0.25) is 11.1 Å². The van der Waals surface area contributed by atoms with Gasteiger partial charge in [0.1, 0.15) is 0 Å². The zero-order chi connectivity index (χ0) is 15.1. The van der Waals surface area contributed by atoms with Crippen LogP contribution in [0.5, 0.6) is 0 Å². The van der Waals surface area contributed by atoms with Gasteiger partial charge in [-0.1, -0.05) is 25.6 Å². The minimum absolute atomic E-state index is 0.127. The normalized spacial score (nSPS) is 14.6. The average molecular weight is 312 g/mol. The van der Waals surface area contributed by atoms with Crippen LogP contribution in [0.2, 0.25) is 0 Å². The van der Waals surface area contributed by atoms with E-state index in [0.717, 1.165) is 37.6 Å². The first-order valence-electron chi connectivity index (χ1n) is 7.54. The number of amides is 1. The summed E-state index contributed by atoms with van der Waals surface area (Å²) >= 11 is 1.53. The molecule has 0 saturated heterocycles. The molecule has 2 rings (SSSR count). The number of carbonyl (C=O) groups excluding carboxylic acids is 1. The monoisotopic (exact) mass is 312 g/mol. The van der Waals surface area contributed by atoms with E-state index in [1.165, 1.54) is 11.8 Å². The van der Waals surface area contributed by atoms with Crippen molar-refractivity contribution in [2.24, 2.45) is 5.92 Å². The highest BCUT2D eigenvalue weighted by molar-refractivity contribution is 7.99. The van der Waals surface area contributed by atoms with Crippen molar-refractivity contribution in [1.29, 1.82) is 0 Å². The van der Waals surface area contributed by atoms with Crippen LogP contribution in [0.15, 0.2) is 5.16 Å². The summed E-state index contributed by atoms with van der Waals surface area (Å²) in [6, 6.07) is 0.430. The molecule has 118 valence electrons. The number of tetrazole rings is 1. The Morgan fingerprint density at radius 3 is 3.00 bits per heavy atom. The van der Waals surface area contributed by atoms with E-state index < -0.39 is 0 Å². The van der Waals surface area contributed by atoms with Crippen LogP contribution in [0.1, 0.15) is 33.1 Å². The van der Waals surface area contributed by atoms with Gasteiger partial charge in [-0.3, -0.25) is 4.79 Å². The van der Waals surface area contributed by atoms with Crippen molar-refractivity contribution >= 4 is 17.7 Å². The second kappa shape index (κ2) is 8.33. The predicted octanol–water partition coefficient (Wildman–Crippen LogP) is 0.680. The fourth-order valence-corrected chi connectivity index (χ4v) is 2.62. The summed E-state index contributed by atoms with van der Waals surface area (Å²) in [7, 11) is 0. The topological polar surface area (TPSA) is 84.7 Å². The molecule has 0 unspecified atom stereocenters. The van der Waals surface area contributed by atoms with Crippen LogP contribution >= 0.6 is 11.8 Å². The number of nitrogens with zero attached hydrogens (tertiary/aromatic N) is 4. The van der Waals surface area contributed by atoms with Crippen LogP contribution in [-0.2, 0) is 11.3 Å². The summed E-state index contributed by atoms with van der Waals surface area (Å²) in [5.74, 6) is 1.47. The standard InChI is InChI=1S/C13H24N6OS/c1-10(2)9-14-6-7-19-13(16-17-18-19)21-8-5-12(20)15-11-3-4-11/h10-11,14H,3-9H2,1-2H3,(H,15,20). The molecule has 1 heterocycles. The van der Waals surface area contributed by atoms with Crippen LogP contribution in [-0.4, -0.2) is 51.0 Å². The molecule has 2 N–H and O–H groups in total. The first-order valence-corrected chi connectivity index (χ1v) is 8.52. The lowest BCUT2D eigenvalue weighted by Crippen LogP contribution is -2.25. The van der Waals surface area contributed by atoms with Crippen LogP contribution in [0.3, 0.4) is 0 Å². The van der Waals surface area contributed by atoms with Crippen LogP contribution < -0.4 is 10.6 Å². The minimum Gasteiger partial charge on any atom is -0.353 e. The van der Waals surface area contributed by atoms with Crippen molar-refractivity contribution in [2.75, 3.05) is 18.8 Å². The molecule has 1 fully saturated rings. The van der Waals surface area contributed by atoms with E-state index in [2.05, 4.69) is 40.0 Å². The molecule has 0 bridgehead atoms. The molecule has 1 aliphatic carbocycles. The molecule has 0 spiro atoms. The fourth-order valence-electron chi connectivity index (χ4n) is 1.78. The highest BCUT2D eigenvalue weighted by Gasteiger charge is 2.22. The Morgan fingerprint density at radius 1 is 1.48 bits per heavy atom. The molecule has 1 amide bonds. The lowest BCUT2D eigenvalue weighted by atomic mass is 10.2. The molecule has 0 aromatic carbocycles. The number of nitrogens with one attached hydrogen (secondary N) is 2. The van der Waals surface area contributed by atoms with E-state index in [9.17, 15) is 4.79 Å². The lowest BCUT2D eigenvalue weighted by Gasteiger charge is -2.08. The Kier molecular flexibility index (Phi) is 6.44. The maximum atomic E-state index is 11.6. The second-order valence-corrected chi connectivity index (χ2v) is 6.78. The van der Waals surface area contributed by atoms with Crippen molar-refractivity contribution in [2.45, 2.75) is 50.9 Å². The number of rotatable bonds is 10. The lowest BCUT2D eigenvalue weighted by molar-refractivity contribution is -0.120. The third kappa shape index (κ3) is 6.43. The van der Waals surface area contributed by atoms with Crippen LogP contribution in [0, 0.1) is 5.92 Å². The van der Waals surface area contributed by atoms with E-state index in [-0.39, 0.29) is 5.91 Å². The quantitative estimate of drug-likeness (QED) is 0.488. The summed E-state index contributed by atoms with van der Waals surface area (Å²) in [5.41, 5.74) is 0. The molecule has 7 nitrogen and oxygen atoms in total. The van der Waals surface area contributed by atoms with Gasteiger partial charge in [-0.25, -0.2) is 4.68 Å². The molecule has 1 saturated carbocycles. The Balaban J connectivity index is 1.63. The van der Waals surface area contributed by atoms with E-state index in [0.29, 0.717) is 24.1 Å². The third-order valence-electron chi connectivity index (χ3n) is 3.05. The van der Waals surface area contributed by atoms with Gasteiger partial charge in [0.05, 0.1) is 6.54 Å². The number of carbonyl (C=O) groups is 1. The summed E-state index contributed by atoms with van der Waals surface area (Å²) in [6.45, 7) is 6.94. The first kappa shape index (κ1) is 16.2. The molecule has 1 aromatic rings. The molecular weight excluding hydrogens is 288 g/mol. The maximum Gasteiger partial charge on any atom is 0.221 e. The van der Waals surface area contributed by atoms with Gasteiger partial charge in [-0.15, -0.1) is 5.10 Å². The zero-order valence-electron chi connectivity index (χ0n) is 12.7. The van der Waals surface area contributed by atoms with Gasteiger partial charge >= 0.3 is 0 Å². The van der Waals surface area contributed by atoms with E-state index in [1.54, 1.807) is 4.68 Å². The van der Waals surface area contributed by atoms with Gasteiger partial charge in [-0.05, 0) is 35.7 Å². The van der Waals surface area contributed by atoms with Crippen molar-refractivity contribution in [3.8, 4) is 0 Å². The summed E-state index contributed by atoms with van der Waals surface area (Å²) in [4.78, 5) is 11.6. The average Bonchev–Trinajstić information content (AvgIpc) is 3.13. The molecule has 0 radical (unpaired) electrons. The highest BCUT2D eigenvalue weighted by atomic mass is 32.2. The SMILES string of the molecule is CC(C)CNCCn1nnnc1SCCC(=O)NC1CC1. The van der Waals surface area contributed by atoms with Gasteiger partial charge in [0.15, 0.2) is 0 Å². The maximum absolute atomic E-state index is 11.6. The zero-order valence-corrected chi connectivity index (χ0v) is 13.5. The number of hydrogen-bond acceptors (Lipinski definition) is 6. The third-order valence-corrected chi connectivity index (χ3v) is 4.01. The van der Waals surface area contributed by atoms with Crippen LogP contribution in [0.4, 0.5) is 0 Å². The van der Waals surface area contributed by atoms with E-state index in [4.69, 9.17) is 0 Å². The molecule has 0 aliphatic heterocycles. The molecule has 21 heavy (non-hydrogen) atoms. The predicted molar refractivity (Wildman–Crippen MR) is 82.0 cm³/mol. The first-order chi connectivity index (χ1) is 10.1. The Labute approximate surface area is 129 Å². The largest absolute Gasteiger partial charge is 0.353 e. The second-order valence-electron chi connectivity index (χ2n) is 5.72. The molecule has 0 atom stereocenters. The number of thioether (sulfide) groups is 1. The molecule has 1 aromatic heterocycles. The number of hydrogen-bond donors (Lipinski definition) is 2. The fraction of sp³-hybridized carbons (Fsp3) is 0.846. The summed E-state index contributed by atoms with van der Waals surface area (Å²) in [5, 5.41) is 18.8. The molecule has 8 heteroatoms. The van der Waals surface area contributed by atoms with Gasteiger partial charge in [-0.2, -0.15) is 0 Å². The Hall–Kier alpha value is -1.15. The Morgan fingerprint density at radius 2 is 2.29 bits per heavy atom. The van der Waals surface area contributed by atoms with Gasteiger partial charge in [0, 0.05) is 24.8 Å². The minimum atomic E-state index is 0.127. The van der Waals surface area contributed by atoms with Gasteiger partial charge < -0.3 is 10.6 Å². The van der Waals surface area contributed by atoms with Gasteiger partial charge in [0.25, 0.3) is 0 Å². The smallest absolute Gasteiger partial charge is 0.221 e. The molecular formula is C13H24N6OS. The van der Waals surface area contributed by atoms with Crippen LogP contribution in [0.25, 0.3) is 0 Å². The Bertz CT molecular complexity index is 446. The van der Waals surface area contributed by atoms with Crippen molar-refractivity contribution < 1.29 is 4.79 Å². The van der Waals surface area contributed by atoms with Crippen molar-refractivity contribution in [3.63, 3.8) is 0 Å². The van der Waals surface area contributed by atoms with Crippen molar-refractivity contribution in [3.05, 3.63) is 0 Å². The van der Waals surface area contributed by atoms with Crippen molar-refractivity contribution in [1.82, 2.24) is 30.8 Å². The number of aromatic nitrogens is 4. The van der Waals surface area contributed by atoms with E-state index in [1.807, 2.05) is 0 Å². The highest BCUT2D eigenvalue weighted by Crippen LogP contribution is 2.19. The summed E-state index contributed by atoms with van der Waals surface area (Å²) in [6.07, 6.45) is 2.76. The summed E-state index contributed by atoms with van der Waals surface area (Å²) < 4.78 is 1.79. The molecule has 1 aliphatic rings.